The van der Waals surface area contributed by atoms with Crippen molar-refractivity contribution in [3.05, 3.63) is 51.4 Å². The number of oxazole rings is 1. The van der Waals surface area contributed by atoms with Gasteiger partial charge >= 0.3 is 0 Å². The molecule has 0 spiro atoms. The van der Waals surface area contributed by atoms with Crippen molar-refractivity contribution in [2.45, 2.75) is 31.8 Å². The lowest BCUT2D eigenvalue weighted by Gasteiger charge is -2.23. The van der Waals surface area contributed by atoms with Crippen LogP contribution in [-0.4, -0.2) is 4.98 Å². The van der Waals surface area contributed by atoms with E-state index < -0.39 is 0 Å². The van der Waals surface area contributed by atoms with Crippen molar-refractivity contribution in [2.24, 2.45) is 0 Å². The molecule has 0 saturated heterocycles. The molecule has 3 aromatic heterocycles. The highest BCUT2D eigenvalue weighted by Gasteiger charge is 2.21. The van der Waals surface area contributed by atoms with Crippen molar-refractivity contribution >= 4 is 22.7 Å². The van der Waals surface area contributed by atoms with E-state index in [1.54, 1.807) is 17.6 Å². The predicted molar refractivity (Wildman–Crippen MR) is 86.7 cm³/mol. The van der Waals surface area contributed by atoms with Crippen molar-refractivity contribution in [2.75, 3.05) is 0 Å². The van der Waals surface area contributed by atoms with Gasteiger partial charge in [0.2, 0.25) is 5.89 Å². The van der Waals surface area contributed by atoms with Gasteiger partial charge < -0.3 is 9.73 Å². The van der Waals surface area contributed by atoms with Crippen molar-refractivity contribution in [3.63, 3.8) is 0 Å². The van der Waals surface area contributed by atoms with Crippen LogP contribution >= 0.6 is 22.7 Å². The van der Waals surface area contributed by atoms with Crippen molar-refractivity contribution in [1.82, 2.24) is 10.3 Å². The smallest absolute Gasteiger partial charge is 0.236 e. The van der Waals surface area contributed by atoms with Gasteiger partial charge in [-0.25, -0.2) is 4.98 Å². The Morgan fingerprint density at radius 3 is 3.19 bits per heavy atom. The number of thiophene rings is 2. The van der Waals surface area contributed by atoms with Gasteiger partial charge in [0.15, 0.2) is 0 Å². The summed E-state index contributed by atoms with van der Waals surface area (Å²) in [6.07, 6.45) is 5.47. The first-order valence-corrected chi connectivity index (χ1v) is 8.94. The van der Waals surface area contributed by atoms with Crippen LogP contribution in [0.5, 0.6) is 0 Å². The van der Waals surface area contributed by atoms with Crippen LogP contribution in [0.3, 0.4) is 0 Å². The van der Waals surface area contributed by atoms with Gasteiger partial charge in [0, 0.05) is 17.5 Å². The minimum absolute atomic E-state index is 0.460. The maximum Gasteiger partial charge on any atom is 0.236 e. The molecule has 1 atom stereocenters. The lowest BCUT2D eigenvalue weighted by atomic mass is 9.94. The molecule has 3 aromatic rings. The molecule has 1 N–H and O–H groups in total. The van der Waals surface area contributed by atoms with E-state index in [9.17, 15) is 0 Å². The molecule has 1 aliphatic rings. The normalized spacial score (nSPS) is 17.8. The summed E-state index contributed by atoms with van der Waals surface area (Å²) in [6, 6.07) is 6.77. The zero-order chi connectivity index (χ0) is 14.1. The Balaban J connectivity index is 1.44. The third-order valence-electron chi connectivity index (χ3n) is 3.87. The number of aryl methyl sites for hydroxylation is 1. The fourth-order valence-electron chi connectivity index (χ4n) is 2.83. The second kappa shape index (κ2) is 5.75. The Morgan fingerprint density at radius 2 is 2.29 bits per heavy atom. The van der Waals surface area contributed by atoms with E-state index in [2.05, 4.69) is 21.7 Å². The predicted octanol–water partition coefficient (Wildman–Crippen LogP) is 4.63. The first-order chi connectivity index (χ1) is 10.4. The summed E-state index contributed by atoms with van der Waals surface area (Å²) in [4.78, 5) is 7.19. The molecule has 0 aromatic carbocycles. The molecule has 1 aliphatic carbocycles. The summed E-state index contributed by atoms with van der Waals surface area (Å²) in [5.41, 5.74) is 2.45. The van der Waals surface area contributed by atoms with E-state index in [1.807, 2.05) is 28.8 Å². The number of nitrogens with zero attached hydrogens (tertiary/aromatic N) is 1. The molecule has 21 heavy (non-hydrogen) atoms. The van der Waals surface area contributed by atoms with Crippen LogP contribution in [0.25, 0.3) is 10.8 Å². The largest absolute Gasteiger partial charge is 0.444 e. The Morgan fingerprint density at radius 1 is 1.29 bits per heavy atom. The van der Waals surface area contributed by atoms with Gasteiger partial charge in [0.25, 0.3) is 0 Å². The maximum atomic E-state index is 5.56. The molecule has 5 heteroatoms. The first-order valence-electron chi connectivity index (χ1n) is 7.18. The number of fused-ring (bicyclic) bond motifs is 1. The number of hydrogen-bond donors (Lipinski definition) is 1. The zero-order valence-electron chi connectivity index (χ0n) is 11.5. The molecule has 0 radical (unpaired) electrons. The maximum absolute atomic E-state index is 5.56. The van der Waals surface area contributed by atoms with E-state index in [0.29, 0.717) is 6.04 Å². The van der Waals surface area contributed by atoms with Gasteiger partial charge in [-0.15, -0.1) is 22.7 Å². The van der Waals surface area contributed by atoms with E-state index in [-0.39, 0.29) is 0 Å². The van der Waals surface area contributed by atoms with Crippen LogP contribution < -0.4 is 5.32 Å². The minimum Gasteiger partial charge on any atom is -0.444 e. The lowest BCUT2D eigenvalue weighted by Crippen LogP contribution is -2.23. The average molecular weight is 316 g/mol. The second-order valence-corrected chi connectivity index (χ2v) is 7.19. The third-order valence-corrected chi connectivity index (χ3v) is 5.72. The Bertz CT molecular complexity index is 714. The highest BCUT2D eigenvalue weighted by atomic mass is 32.1. The summed E-state index contributed by atoms with van der Waals surface area (Å²) >= 11 is 3.53. The van der Waals surface area contributed by atoms with Gasteiger partial charge in [-0.05, 0) is 47.7 Å². The van der Waals surface area contributed by atoms with Gasteiger partial charge in [-0.1, -0.05) is 6.07 Å². The molecule has 0 saturated carbocycles. The highest BCUT2D eigenvalue weighted by molar-refractivity contribution is 7.13. The standard InChI is InChI=1S/C16H16N2OS2/c1-3-13(12-6-8-21-14(12)4-1)17-9-11-10-19-16(18-11)15-5-2-7-20-15/h2,5-8,10,13,17H,1,3-4,9H2/t13-/m1/s1. The molecule has 108 valence electrons. The number of hydrogen-bond acceptors (Lipinski definition) is 5. The Hall–Kier alpha value is -1.43. The van der Waals surface area contributed by atoms with Crippen molar-refractivity contribution in [1.29, 1.82) is 0 Å². The topological polar surface area (TPSA) is 38.1 Å². The van der Waals surface area contributed by atoms with Crippen molar-refractivity contribution < 1.29 is 4.42 Å². The summed E-state index contributed by atoms with van der Waals surface area (Å²) < 4.78 is 5.56. The third kappa shape index (κ3) is 2.69. The molecular formula is C16H16N2OS2. The monoisotopic (exact) mass is 316 g/mol. The fourth-order valence-corrected chi connectivity index (χ4v) is 4.47. The molecule has 3 heterocycles. The Labute approximate surface area is 131 Å². The average Bonchev–Trinajstić information content (AvgIpc) is 3.23. The van der Waals surface area contributed by atoms with Crippen LogP contribution in [-0.2, 0) is 13.0 Å². The van der Waals surface area contributed by atoms with Crippen molar-refractivity contribution in [3.8, 4) is 10.8 Å². The van der Waals surface area contributed by atoms with Gasteiger partial charge in [0.1, 0.15) is 6.26 Å². The Kier molecular flexibility index (Phi) is 3.63. The van der Waals surface area contributed by atoms with Gasteiger partial charge in [-0.2, -0.15) is 0 Å². The molecule has 0 fully saturated rings. The van der Waals surface area contributed by atoms with Crippen LogP contribution in [0, 0.1) is 0 Å². The summed E-state index contributed by atoms with van der Waals surface area (Å²) in [6.45, 7) is 0.759. The summed E-state index contributed by atoms with van der Waals surface area (Å²) in [5, 5.41) is 7.87. The van der Waals surface area contributed by atoms with Crippen LogP contribution in [0.15, 0.2) is 39.6 Å². The van der Waals surface area contributed by atoms with Gasteiger partial charge in [0.05, 0.1) is 10.6 Å². The number of aromatic nitrogens is 1. The quantitative estimate of drug-likeness (QED) is 0.762. The van der Waals surface area contributed by atoms with E-state index in [1.165, 1.54) is 29.7 Å². The number of nitrogens with one attached hydrogen (secondary N) is 1. The lowest BCUT2D eigenvalue weighted by molar-refractivity contribution is 0.459. The van der Waals surface area contributed by atoms with E-state index >= 15 is 0 Å². The first kappa shape index (κ1) is 13.2. The highest BCUT2D eigenvalue weighted by Crippen LogP contribution is 2.33. The zero-order valence-corrected chi connectivity index (χ0v) is 13.2. The molecule has 4 rings (SSSR count). The number of rotatable bonds is 4. The second-order valence-electron chi connectivity index (χ2n) is 5.25. The molecule has 0 amide bonds. The summed E-state index contributed by atoms with van der Waals surface area (Å²) in [7, 11) is 0. The molecule has 0 unspecified atom stereocenters. The molecule has 0 aliphatic heterocycles. The molecular weight excluding hydrogens is 300 g/mol. The van der Waals surface area contributed by atoms with Crippen LogP contribution in [0.1, 0.15) is 35.0 Å². The van der Waals surface area contributed by atoms with Gasteiger partial charge in [-0.3, -0.25) is 0 Å². The minimum atomic E-state index is 0.460. The van der Waals surface area contributed by atoms with E-state index in [4.69, 9.17) is 4.42 Å². The van der Waals surface area contributed by atoms with E-state index in [0.717, 1.165) is 23.0 Å². The molecule has 3 nitrogen and oxygen atoms in total. The van der Waals surface area contributed by atoms with Crippen LogP contribution in [0.2, 0.25) is 0 Å². The molecule has 0 bridgehead atoms. The van der Waals surface area contributed by atoms with Crippen LogP contribution in [0.4, 0.5) is 0 Å². The summed E-state index contributed by atoms with van der Waals surface area (Å²) in [5.74, 6) is 0.724. The fraction of sp³-hybridized carbons (Fsp3) is 0.312. The SMILES string of the molecule is c1csc(-c2nc(CN[C@@H]3CCCc4sccc43)co2)c1.